The Bertz CT molecular complexity index is 3070. The number of hydrogen-bond donors (Lipinski definition) is 3. The molecule has 8 heterocycles. The van der Waals surface area contributed by atoms with Gasteiger partial charge in [-0.3, -0.25) is 24.8 Å². The van der Waals surface area contributed by atoms with E-state index < -0.39 is 17.7 Å². The van der Waals surface area contributed by atoms with E-state index in [1.54, 1.807) is 24.4 Å². The van der Waals surface area contributed by atoms with Crippen LogP contribution >= 0.6 is 0 Å². The maximum absolute atomic E-state index is 17.1. The lowest BCUT2D eigenvalue weighted by Crippen LogP contribution is -2.55. The monoisotopic (exact) mass is 994 g/mol. The van der Waals surface area contributed by atoms with E-state index in [9.17, 15) is 19.5 Å². The van der Waals surface area contributed by atoms with Gasteiger partial charge in [-0.2, -0.15) is 9.97 Å². The number of urea groups is 1. The molecular formula is C55H60F2N10O6. The highest BCUT2D eigenvalue weighted by Crippen LogP contribution is 2.48. The van der Waals surface area contributed by atoms with Crippen LogP contribution < -0.4 is 29.9 Å². The van der Waals surface area contributed by atoms with Crippen molar-refractivity contribution in [2.45, 2.75) is 69.9 Å². The smallest absolute Gasteiger partial charge is 0.328 e. The van der Waals surface area contributed by atoms with Crippen LogP contribution in [0.15, 0.2) is 48.7 Å². The van der Waals surface area contributed by atoms with Crippen LogP contribution in [0.3, 0.4) is 0 Å². The number of nitrogens with one attached hydrogen (secondary N) is 2. The van der Waals surface area contributed by atoms with Gasteiger partial charge in [-0.05, 0) is 118 Å². The molecule has 0 radical (unpaired) electrons. The normalized spacial score (nSPS) is 22.9. The lowest BCUT2D eigenvalue weighted by atomic mass is 9.71. The first kappa shape index (κ1) is 47.3. The van der Waals surface area contributed by atoms with E-state index in [2.05, 4.69) is 36.2 Å². The first-order valence-corrected chi connectivity index (χ1v) is 25.8. The molecule has 18 heteroatoms. The molecular weight excluding hydrogens is 935 g/mol. The quantitative estimate of drug-likeness (QED) is 0.119. The Hall–Kier alpha value is -6.68. The van der Waals surface area contributed by atoms with Gasteiger partial charge in [-0.15, -0.1) is 6.42 Å². The van der Waals surface area contributed by atoms with Crippen LogP contribution in [0.4, 0.5) is 25.1 Å². The number of piperazine rings is 1. The van der Waals surface area contributed by atoms with Crippen LogP contribution in [-0.2, 0) is 4.79 Å². The van der Waals surface area contributed by atoms with Crippen molar-refractivity contribution in [3.05, 3.63) is 71.4 Å². The minimum atomic E-state index is -0.731. The maximum atomic E-state index is 17.1. The van der Waals surface area contributed by atoms with Gasteiger partial charge in [0.2, 0.25) is 5.91 Å². The number of methoxy groups -OCH3 is 1. The number of nitrogens with zero attached hydrogens (tertiary/aromatic N) is 8. The summed E-state index contributed by atoms with van der Waals surface area (Å²) in [7, 11) is 1.52. The molecule has 1 aliphatic carbocycles. The van der Waals surface area contributed by atoms with E-state index in [-0.39, 0.29) is 75.1 Å². The van der Waals surface area contributed by atoms with Crippen molar-refractivity contribution < 1.29 is 37.7 Å². The van der Waals surface area contributed by atoms with Crippen molar-refractivity contribution in [3.8, 4) is 41.1 Å². The Labute approximate surface area is 422 Å². The maximum Gasteiger partial charge on any atom is 0.328 e. The average Bonchev–Trinajstić information content (AvgIpc) is 4.08. The van der Waals surface area contributed by atoms with Gasteiger partial charge >= 0.3 is 12.0 Å². The number of amides is 4. The van der Waals surface area contributed by atoms with E-state index in [0.29, 0.717) is 84.4 Å². The van der Waals surface area contributed by atoms with Crippen LogP contribution in [-0.4, -0.2) is 150 Å². The number of aromatic nitrogens is 3. The zero-order valence-corrected chi connectivity index (χ0v) is 41.1. The van der Waals surface area contributed by atoms with Crippen LogP contribution in [0, 0.1) is 40.7 Å². The number of pyridine rings is 1. The summed E-state index contributed by atoms with van der Waals surface area (Å²) < 4.78 is 44.2. The summed E-state index contributed by atoms with van der Waals surface area (Å²) >= 11 is 0. The zero-order valence-electron chi connectivity index (χ0n) is 41.1. The fraction of sp³-hybridized carbons (Fsp3) is 0.491. The largest absolute Gasteiger partial charge is 0.508 e. The summed E-state index contributed by atoms with van der Waals surface area (Å²) in [5.74, 6) is 2.18. The van der Waals surface area contributed by atoms with Gasteiger partial charge in [-0.25, -0.2) is 13.6 Å². The minimum Gasteiger partial charge on any atom is -0.508 e. The number of fused-ring (bicyclic) bond motifs is 4. The van der Waals surface area contributed by atoms with Gasteiger partial charge in [0.25, 0.3) is 5.91 Å². The molecule has 2 atom stereocenters. The number of carbonyl (C=O) groups excluding carboxylic acids is 3. The Morgan fingerprint density at radius 1 is 0.918 bits per heavy atom. The Balaban J connectivity index is 0.663. The second-order valence-electron chi connectivity index (χ2n) is 21.8. The third kappa shape index (κ3) is 9.03. The molecule has 2 aromatic heterocycles. The van der Waals surface area contributed by atoms with Gasteiger partial charge in [0.1, 0.15) is 34.3 Å². The summed E-state index contributed by atoms with van der Waals surface area (Å²) in [6.07, 6.45) is 15.8. The van der Waals surface area contributed by atoms with Gasteiger partial charge in [0.15, 0.2) is 5.82 Å². The molecule has 4 amide bonds. The fourth-order valence-electron chi connectivity index (χ4n) is 12.6. The number of hydrogen-bond acceptors (Lipinski definition) is 13. The number of anilines is 2. The molecule has 6 saturated heterocycles. The molecule has 7 aliphatic rings. The van der Waals surface area contributed by atoms with E-state index in [1.807, 2.05) is 4.90 Å². The molecule has 3 N–H and O–H groups in total. The molecule has 2 bridgehead atoms. The van der Waals surface area contributed by atoms with Crippen molar-refractivity contribution in [2.75, 3.05) is 95.5 Å². The SMILES string of the molecule is C#Cc1c(F)ccc2cc(O)cc(-c3ncc4c(N5CC6CCC(C5)N6)nc(OCC5(CN6CC(CN7CCC8(CC7)CCN(C(=O)c7ccc(OC)c(N9CCC(=O)NC9=O)c7)CC8)C6)CC5)nc4c3F)c12. The van der Waals surface area contributed by atoms with E-state index in [0.717, 1.165) is 90.6 Å². The second-order valence-corrected chi connectivity index (χ2v) is 21.8. The molecule has 7 fully saturated rings. The molecule has 12 rings (SSSR count). The number of phenolic OH excluding ortho intramolecular Hbond substituents is 1. The summed E-state index contributed by atoms with van der Waals surface area (Å²) in [6.45, 7) is 9.59. The number of piperidine rings is 2. The Morgan fingerprint density at radius 2 is 1.67 bits per heavy atom. The summed E-state index contributed by atoms with van der Waals surface area (Å²) in [5, 5.41) is 17.9. The predicted octanol–water partition coefficient (Wildman–Crippen LogP) is 6.31. The van der Waals surface area contributed by atoms with Crippen molar-refractivity contribution in [1.82, 2.24) is 40.3 Å². The standard InChI is InChI=1S/C55H60F2N10O6/c1-3-39-42(56)8-4-34-22-38(68)24-40(46(34)39)48-47(57)49-41(25-58-48)50(66-29-36-6-7-37(30-66)59-36)62-52(61-49)73-32-55(11-12-55)31-64-27-33(28-64)26-63-18-13-54(14-19-63)15-20-65(21-16-54)51(70)35-5-9-44(72-2)43(23-35)67-17-10-45(69)60-53(67)71/h1,4-5,8-9,22-25,33,36-37,59,68H,6-7,10-21,26-32H2,2H3,(H,60,69,71). The lowest BCUT2D eigenvalue weighted by molar-refractivity contribution is -0.120. The van der Waals surface area contributed by atoms with Crippen molar-refractivity contribution >= 4 is 51.0 Å². The summed E-state index contributed by atoms with van der Waals surface area (Å²) in [4.78, 5) is 63.1. The number of ether oxygens (including phenoxy) is 2. The molecule has 16 nitrogen and oxygen atoms in total. The van der Waals surface area contributed by atoms with Gasteiger partial charge in [-0.1, -0.05) is 12.0 Å². The van der Waals surface area contributed by atoms with E-state index in [4.69, 9.17) is 25.9 Å². The van der Waals surface area contributed by atoms with E-state index in [1.165, 1.54) is 36.3 Å². The average molecular weight is 995 g/mol. The molecule has 6 aliphatic heterocycles. The van der Waals surface area contributed by atoms with Crippen LogP contribution in [0.5, 0.6) is 17.5 Å². The molecule has 1 spiro atoms. The Kier molecular flexibility index (Phi) is 12.1. The highest BCUT2D eigenvalue weighted by Gasteiger charge is 2.48. The van der Waals surface area contributed by atoms with Gasteiger partial charge in [0, 0.05) is 106 Å². The number of likely N-dealkylation sites (tertiary alicyclic amines) is 3. The first-order valence-electron chi connectivity index (χ1n) is 25.8. The third-order valence-corrected chi connectivity index (χ3v) is 17.0. The number of halogens is 2. The summed E-state index contributed by atoms with van der Waals surface area (Å²) in [5.41, 5.74) is 1.24. The topological polar surface area (TPSA) is 169 Å². The molecule has 73 heavy (non-hydrogen) atoms. The van der Waals surface area contributed by atoms with Crippen LogP contribution in [0.25, 0.3) is 32.9 Å². The van der Waals surface area contributed by atoms with Gasteiger partial charge in [0.05, 0.1) is 30.4 Å². The fourth-order valence-corrected chi connectivity index (χ4v) is 12.6. The number of imide groups is 1. The number of aromatic hydroxyl groups is 1. The molecule has 380 valence electrons. The lowest BCUT2D eigenvalue weighted by Gasteiger charge is -2.49. The van der Waals surface area contributed by atoms with Crippen molar-refractivity contribution in [2.24, 2.45) is 16.7 Å². The highest BCUT2D eigenvalue weighted by atomic mass is 19.1. The van der Waals surface area contributed by atoms with Crippen molar-refractivity contribution in [3.63, 3.8) is 0 Å². The van der Waals surface area contributed by atoms with Gasteiger partial charge < -0.3 is 39.5 Å². The third-order valence-electron chi connectivity index (χ3n) is 17.0. The molecule has 3 aromatic carbocycles. The van der Waals surface area contributed by atoms with Crippen molar-refractivity contribution in [1.29, 1.82) is 0 Å². The predicted molar refractivity (Wildman–Crippen MR) is 271 cm³/mol. The Morgan fingerprint density at radius 3 is 2.38 bits per heavy atom. The van der Waals surface area contributed by atoms with E-state index >= 15 is 8.78 Å². The zero-order chi connectivity index (χ0) is 50.2. The number of terminal acetylenes is 1. The molecule has 1 saturated carbocycles. The minimum absolute atomic E-state index is 0.0371. The molecule has 5 aromatic rings. The number of rotatable bonds is 12. The number of benzene rings is 3. The summed E-state index contributed by atoms with van der Waals surface area (Å²) in [6, 6.07) is 10.9. The highest BCUT2D eigenvalue weighted by molar-refractivity contribution is 6.07. The van der Waals surface area contributed by atoms with Crippen LogP contribution in [0.2, 0.25) is 0 Å². The number of phenols is 1. The first-order chi connectivity index (χ1) is 35.4. The number of carbonyl (C=O) groups is 3. The second kappa shape index (κ2) is 18.7. The molecule has 2 unspecified atom stereocenters. The van der Waals surface area contributed by atoms with Crippen LogP contribution in [0.1, 0.15) is 73.7 Å².